The van der Waals surface area contributed by atoms with E-state index in [1.54, 1.807) is 6.08 Å². The van der Waals surface area contributed by atoms with Gasteiger partial charge in [0.05, 0.1) is 19.7 Å². The molecule has 0 bridgehead atoms. The van der Waals surface area contributed by atoms with Gasteiger partial charge in [-0.1, -0.05) is 12.0 Å². The average molecular weight is 196 g/mol. The Morgan fingerprint density at radius 3 is 2.93 bits per heavy atom. The van der Waals surface area contributed by atoms with Gasteiger partial charge in [-0.15, -0.1) is 13.0 Å². The van der Waals surface area contributed by atoms with Crippen LogP contribution in [0.15, 0.2) is 12.7 Å². The minimum absolute atomic E-state index is 0.0469. The predicted molar refractivity (Wildman–Crippen MR) is 55.6 cm³/mol. The number of nitrogens with one attached hydrogen (secondary N) is 1. The Morgan fingerprint density at radius 2 is 2.43 bits per heavy atom. The second kappa shape index (κ2) is 8.30. The molecule has 0 saturated carbocycles. The molecule has 14 heavy (non-hydrogen) atoms. The number of amides is 1. The highest BCUT2D eigenvalue weighted by molar-refractivity contribution is 5.78. The molecule has 4 heteroatoms. The molecule has 0 aromatic carbocycles. The molecule has 0 spiro atoms. The zero-order chi connectivity index (χ0) is 10.8. The third-order valence-electron chi connectivity index (χ3n) is 1.58. The fourth-order valence-corrected chi connectivity index (χ4v) is 0.948. The molecule has 0 aromatic rings. The smallest absolute Gasteiger partial charge is 0.236 e. The van der Waals surface area contributed by atoms with Gasteiger partial charge in [0.1, 0.15) is 0 Å². The minimum atomic E-state index is -0.0887. The van der Waals surface area contributed by atoms with Crippen molar-refractivity contribution in [2.24, 2.45) is 0 Å². The summed E-state index contributed by atoms with van der Waals surface area (Å²) in [5.41, 5.74) is 0. The van der Waals surface area contributed by atoms with Gasteiger partial charge in [-0.2, -0.15) is 0 Å². The minimum Gasteiger partial charge on any atom is -0.395 e. The van der Waals surface area contributed by atoms with Crippen LogP contribution in [0.1, 0.15) is 0 Å². The first-order chi connectivity index (χ1) is 6.76. The number of rotatable bonds is 7. The Labute approximate surface area is 84.6 Å². The van der Waals surface area contributed by atoms with E-state index in [2.05, 4.69) is 17.8 Å². The van der Waals surface area contributed by atoms with Crippen molar-refractivity contribution in [1.82, 2.24) is 10.2 Å². The first-order valence-electron chi connectivity index (χ1n) is 4.40. The summed E-state index contributed by atoms with van der Waals surface area (Å²) >= 11 is 0. The summed E-state index contributed by atoms with van der Waals surface area (Å²) in [5, 5.41) is 11.5. The van der Waals surface area contributed by atoms with Crippen molar-refractivity contribution in [1.29, 1.82) is 0 Å². The molecule has 0 rings (SSSR count). The third-order valence-corrected chi connectivity index (χ3v) is 1.58. The van der Waals surface area contributed by atoms with Crippen molar-refractivity contribution in [2.75, 3.05) is 32.8 Å². The first-order valence-corrected chi connectivity index (χ1v) is 4.40. The largest absolute Gasteiger partial charge is 0.395 e. The molecule has 1 amide bonds. The third kappa shape index (κ3) is 5.36. The summed E-state index contributed by atoms with van der Waals surface area (Å²) in [6.45, 7) is 4.81. The Kier molecular flexibility index (Phi) is 7.52. The van der Waals surface area contributed by atoms with Crippen LogP contribution in [0.3, 0.4) is 0 Å². The molecule has 0 aromatic heterocycles. The number of hydrogen-bond donors (Lipinski definition) is 2. The van der Waals surface area contributed by atoms with Gasteiger partial charge in [0.2, 0.25) is 5.91 Å². The van der Waals surface area contributed by atoms with Gasteiger partial charge >= 0.3 is 0 Å². The maximum atomic E-state index is 11.4. The van der Waals surface area contributed by atoms with Crippen LogP contribution < -0.4 is 5.32 Å². The second-order valence-corrected chi connectivity index (χ2v) is 2.66. The number of carbonyl (C=O) groups is 1. The molecule has 78 valence electrons. The molecule has 0 unspecified atom stereocenters. The van der Waals surface area contributed by atoms with E-state index in [4.69, 9.17) is 11.5 Å². The lowest BCUT2D eigenvalue weighted by Gasteiger charge is -2.19. The molecule has 0 radical (unpaired) electrons. The molecular formula is C10H16N2O2. The molecule has 0 saturated heterocycles. The summed E-state index contributed by atoms with van der Waals surface area (Å²) in [5.74, 6) is 2.29. The fourth-order valence-electron chi connectivity index (χ4n) is 0.948. The monoisotopic (exact) mass is 196 g/mol. The summed E-state index contributed by atoms with van der Waals surface area (Å²) in [7, 11) is 0. The normalized spacial score (nSPS) is 9.14. The van der Waals surface area contributed by atoms with Crippen LogP contribution in [0.25, 0.3) is 0 Å². The molecule has 0 aliphatic rings. The summed E-state index contributed by atoms with van der Waals surface area (Å²) in [6.07, 6.45) is 6.63. The number of carbonyl (C=O) groups excluding carboxylic acids is 1. The van der Waals surface area contributed by atoms with Gasteiger partial charge in [-0.05, 0) is 0 Å². The Hall–Kier alpha value is -1.31. The Morgan fingerprint density at radius 1 is 1.71 bits per heavy atom. The van der Waals surface area contributed by atoms with Gasteiger partial charge in [0, 0.05) is 13.1 Å². The van der Waals surface area contributed by atoms with Gasteiger partial charge in [-0.3, -0.25) is 10.1 Å². The Bertz CT molecular complexity index is 221. The molecule has 0 fully saturated rings. The van der Waals surface area contributed by atoms with Crippen LogP contribution in [0.5, 0.6) is 0 Å². The second-order valence-electron chi connectivity index (χ2n) is 2.66. The van der Waals surface area contributed by atoms with Gasteiger partial charge in [0.15, 0.2) is 0 Å². The van der Waals surface area contributed by atoms with E-state index in [1.807, 2.05) is 0 Å². The van der Waals surface area contributed by atoms with E-state index in [1.165, 1.54) is 4.90 Å². The van der Waals surface area contributed by atoms with Crippen LogP contribution in [-0.4, -0.2) is 48.7 Å². The van der Waals surface area contributed by atoms with Crippen LogP contribution in [0, 0.1) is 12.3 Å². The predicted octanol–water partition coefficient (Wildman–Crippen LogP) is -0.784. The van der Waals surface area contributed by atoms with Gasteiger partial charge < -0.3 is 10.0 Å². The van der Waals surface area contributed by atoms with Gasteiger partial charge in [0.25, 0.3) is 0 Å². The van der Waals surface area contributed by atoms with Crippen LogP contribution in [0.2, 0.25) is 0 Å². The number of aliphatic hydroxyl groups is 1. The number of hydrogen-bond acceptors (Lipinski definition) is 3. The topological polar surface area (TPSA) is 52.6 Å². The van der Waals surface area contributed by atoms with E-state index < -0.39 is 0 Å². The molecule has 2 N–H and O–H groups in total. The molecule has 0 aliphatic carbocycles. The zero-order valence-corrected chi connectivity index (χ0v) is 8.20. The molecule has 0 heterocycles. The SMILES string of the molecule is C#CCNCC(=O)N(CC=C)CCO. The van der Waals surface area contributed by atoms with E-state index in [0.717, 1.165) is 0 Å². The molecule has 4 nitrogen and oxygen atoms in total. The Balaban J connectivity index is 3.89. The maximum absolute atomic E-state index is 11.4. The molecule has 0 aliphatic heterocycles. The van der Waals surface area contributed by atoms with Crippen molar-refractivity contribution in [3.63, 3.8) is 0 Å². The lowest BCUT2D eigenvalue weighted by molar-refractivity contribution is -0.130. The van der Waals surface area contributed by atoms with Crippen molar-refractivity contribution in [3.8, 4) is 12.3 Å². The van der Waals surface area contributed by atoms with Crippen molar-refractivity contribution in [3.05, 3.63) is 12.7 Å². The van der Waals surface area contributed by atoms with Crippen LogP contribution >= 0.6 is 0 Å². The molecular weight excluding hydrogens is 180 g/mol. The summed E-state index contributed by atoms with van der Waals surface area (Å²) in [4.78, 5) is 12.9. The van der Waals surface area contributed by atoms with E-state index >= 15 is 0 Å². The standard InChI is InChI=1S/C10H16N2O2/c1-3-5-11-9-10(14)12(6-4-2)7-8-13/h1,4,11,13H,2,5-9H2. The van der Waals surface area contributed by atoms with Crippen molar-refractivity contribution >= 4 is 5.91 Å². The van der Waals surface area contributed by atoms with E-state index in [-0.39, 0.29) is 19.1 Å². The summed E-state index contributed by atoms with van der Waals surface area (Å²) < 4.78 is 0. The van der Waals surface area contributed by atoms with Crippen LogP contribution in [0.4, 0.5) is 0 Å². The lowest BCUT2D eigenvalue weighted by Crippen LogP contribution is -2.39. The highest BCUT2D eigenvalue weighted by Gasteiger charge is 2.09. The van der Waals surface area contributed by atoms with E-state index in [0.29, 0.717) is 19.6 Å². The first kappa shape index (κ1) is 12.7. The van der Waals surface area contributed by atoms with E-state index in [9.17, 15) is 4.79 Å². The quantitative estimate of drug-likeness (QED) is 0.319. The zero-order valence-electron chi connectivity index (χ0n) is 8.20. The maximum Gasteiger partial charge on any atom is 0.236 e. The highest BCUT2D eigenvalue weighted by atomic mass is 16.3. The number of terminal acetylenes is 1. The number of aliphatic hydroxyl groups excluding tert-OH is 1. The average Bonchev–Trinajstić information content (AvgIpc) is 2.18. The van der Waals surface area contributed by atoms with Crippen LogP contribution in [-0.2, 0) is 4.79 Å². The lowest BCUT2D eigenvalue weighted by atomic mass is 10.4. The summed E-state index contributed by atoms with van der Waals surface area (Å²) in [6, 6.07) is 0. The highest BCUT2D eigenvalue weighted by Crippen LogP contribution is 1.88. The van der Waals surface area contributed by atoms with Crippen molar-refractivity contribution < 1.29 is 9.90 Å². The number of nitrogens with zero attached hydrogens (tertiary/aromatic N) is 1. The molecule has 0 atom stereocenters. The fraction of sp³-hybridized carbons (Fsp3) is 0.500. The van der Waals surface area contributed by atoms with Crippen molar-refractivity contribution in [2.45, 2.75) is 0 Å². The van der Waals surface area contributed by atoms with Gasteiger partial charge in [-0.25, -0.2) is 0 Å².